The van der Waals surface area contributed by atoms with Crippen LogP contribution in [0, 0.1) is 0 Å². The highest BCUT2D eigenvalue weighted by atomic mass is 16.5. The van der Waals surface area contributed by atoms with Gasteiger partial charge in [-0.3, -0.25) is 9.69 Å². The number of rotatable bonds is 6. The normalized spacial score (nSPS) is 17.8. The fourth-order valence-corrected chi connectivity index (χ4v) is 3.47. The topological polar surface area (TPSA) is 68.0 Å². The van der Waals surface area contributed by atoms with E-state index in [0.29, 0.717) is 24.7 Å². The zero-order chi connectivity index (χ0) is 18.8. The van der Waals surface area contributed by atoms with Crippen molar-refractivity contribution in [3.63, 3.8) is 0 Å². The molecule has 2 heterocycles. The van der Waals surface area contributed by atoms with Crippen molar-refractivity contribution in [3.05, 3.63) is 41.3 Å². The van der Waals surface area contributed by atoms with Gasteiger partial charge in [0.25, 0.3) is 5.91 Å². The monoisotopic (exact) mass is 371 g/mol. The summed E-state index contributed by atoms with van der Waals surface area (Å²) in [5.74, 6) is 2.95. The highest BCUT2D eigenvalue weighted by molar-refractivity contribution is 5.92. The first-order valence-corrected chi connectivity index (χ1v) is 9.37. The fourth-order valence-electron chi connectivity index (χ4n) is 3.47. The lowest BCUT2D eigenvalue weighted by atomic mass is 10.1. The molecule has 4 rings (SSSR count). The molecule has 2 aliphatic rings. The first-order valence-electron chi connectivity index (χ1n) is 9.37. The molecule has 0 bridgehead atoms. The fraction of sp³-hybridized carbons (Fsp3) is 0.500. The second kappa shape index (κ2) is 7.60. The number of methoxy groups -OCH3 is 2. The summed E-state index contributed by atoms with van der Waals surface area (Å²) in [4.78, 5) is 16.8. The summed E-state index contributed by atoms with van der Waals surface area (Å²) in [6.45, 7) is 3.73. The van der Waals surface area contributed by atoms with Crippen LogP contribution in [0.4, 0.5) is 0 Å². The molecule has 1 aromatic carbocycles. The van der Waals surface area contributed by atoms with E-state index in [1.54, 1.807) is 14.2 Å². The Labute approximate surface area is 158 Å². The molecule has 1 aliphatic heterocycles. The summed E-state index contributed by atoms with van der Waals surface area (Å²) in [5, 5.41) is 3.97. The van der Waals surface area contributed by atoms with Gasteiger partial charge in [0.2, 0.25) is 0 Å². The van der Waals surface area contributed by atoms with Crippen molar-refractivity contribution < 1.29 is 18.8 Å². The quantitative estimate of drug-likeness (QED) is 0.777. The number of aromatic nitrogens is 1. The number of piperazine rings is 1. The largest absolute Gasteiger partial charge is 0.497 e. The minimum Gasteiger partial charge on any atom is -0.497 e. The van der Waals surface area contributed by atoms with Crippen molar-refractivity contribution in [3.8, 4) is 11.5 Å². The number of benzene rings is 1. The Kier molecular flexibility index (Phi) is 5.03. The van der Waals surface area contributed by atoms with Crippen LogP contribution in [0.5, 0.6) is 11.5 Å². The maximum absolute atomic E-state index is 12.7. The van der Waals surface area contributed by atoms with E-state index in [-0.39, 0.29) is 5.91 Å². The third-order valence-electron chi connectivity index (χ3n) is 5.27. The van der Waals surface area contributed by atoms with Gasteiger partial charge < -0.3 is 18.9 Å². The average Bonchev–Trinajstić information content (AvgIpc) is 3.44. The Hall–Kier alpha value is -2.54. The summed E-state index contributed by atoms with van der Waals surface area (Å²) >= 11 is 0. The second-order valence-electron chi connectivity index (χ2n) is 7.13. The first kappa shape index (κ1) is 17.9. The summed E-state index contributed by atoms with van der Waals surface area (Å²) in [6, 6.07) is 7.64. The predicted molar refractivity (Wildman–Crippen MR) is 99.2 cm³/mol. The SMILES string of the molecule is COc1ccc(OC)c(CN2CCN(C(=O)c3cc(C4CC4)on3)CC2)c1. The van der Waals surface area contributed by atoms with Crippen LogP contribution in [0.1, 0.15) is 40.6 Å². The molecule has 7 heteroatoms. The molecule has 2 aromatic rings. The molecule has 0 radical (unpaired) electrons. The molecule has 1 saturated heterocycles. The number of carbonyl (C=O) groups excluding carboxylic acids is 1. The number of amides is 1. The molecular formula is C20H25N3O4. The van der Waals surface area contributed by atoms with Crippen LogP contribution in [-0.2, 0) is 6.54 Å². The van der Waals surface area contributed by atoms with Crippen molar-refractivity contribution in [2.45, 2.75) is 25.3 Å². The van der Waals surface area contributed by atoms with Gasteiger partial charge in [-0.25, -0.2) is 0 Å². The number of hydrogen-bond donors (Lipinski definition) is 0. The van der Waals surface area contributed by atoms with Crippen molar-refractivity contribution in [1.29, 1.82) is 0 Å². The van der Waals surface area contributed by atoms with E-state index in [9.17, 15) is 4.79 Å². The Bertz CT molecular complexity index is 807. The molecule has 0 spiro atoms. The molecule has 1 saturated carbocycles. The summed E-state index contributed by atoms with van der Waals surface area (Å²) in [7, 11) is 3.34. The van der Waals surface area contributed by atoms with Crippen LogP contribution in [0.2, 0.25) is 0 Å². The molecule has 1 amide bonds. The van der Waals surface area contributed by atoms with Crippen molar-refractivity contribution in [2.24, 2.45) is 0 Å². The molecule has 0 unspecified atom stereocenters. The average molecular weight is 371 g/mol. The molecule has 27 heavy (non-hydrogen) atoms. The number of hydrogen-bond acceptors (Lipinski definition) is 6. The van der Waals surface area contributed by atoms with Crippen LogP contribution < -0.4 is 9.47 Å². The Balaban J connectivity index is 1.35. The third-order valence-corrected chi connectivity index (χ3v) is 5.27. The third kappa shape index (κ3) is 3.93. The van der Waals surface area contributed by atoms with Crippen LogP contribution in [0.25, 0.3) is 0 Å². The molecule has 0 N–H and O–H groups in total. The lowest BCUT2D eigenvalue weighted by Crippen LogP contribution is -2.48. The standard InChI is InChI=1S/C20H25N3O4/c1-25-16-5-6-18(26-2)15(11-16)13-22-7-9-23(10-8-22)20(24)17-12-19(27-21-17)14-3-4-14/h5-6,11-12,14H,3-4,7-10,13H2,1-2H3. The predicted octanol–water partition coefficient (Wildman–Crippen LogP) is 2.53. The smallest absolute Gasteiger partial charge is 0.276 e. The van der Waals surface area contributed by atoms with Gasteiger partial charge >= 0.3 is 0 Å². The van der Waals surface area contributed by atoms with Gasteiger partial charge in [-0.1, -0.05) is 5.16 Å². The van der Waals surface area contributed by atoms with Crippen molar-refractivity contribution >= 4 is 5.91 Å². The maximum Gasteiger partial charge on any atom is 0.276 e. The first-order chi connectivity index (χ1) is 13.2. The Morgan fingerprint density at radius 1 is 1.15 bits per heavy atom. The van der Waals surface area contributed by atoms with Gasteiger partial charge in [0.05, 0.1) is 14.2 Å². The van der Waals surface area contributed by atoms with Crippen molar-refractivity contribution in [1.82, 2.24) is 15.0 Å². The van der Waals surface area contributed by atoms with Crippen molar-refractivity contribution in [2.75, 3.05) is 40.4 Å². The van der Waals surface area contributed by atoms with Crippen LogP contribution >= 0.6 is 0 Å². The molecule has 2 fully saturated rings. The van der Waals surface area contributed by atoms with E-state index in [1.165, 1.54) is 0 Å². The van der Waals surface area contributed by atoms with Gasteiger partial charge in [-0.15, -0.1) is 0 Å². The highest BCUT2D eigenvalue weighted by Gasteiger charge is 2.30. The van der Waals surface area contributed by atoms with Gasteiger partial charge in [0.1, 0.15) is 17.3 Å². The van der Waals surface area contributed by atoms with Gasteiger partial charge in [0.15, 0.2) is 5.69 Å². The molecule has 144 valence electrons. The minimum atomic E-state index is -0.0377. The lowest BCUT2D eigenvalue weighted by molar-refractivity contribution is 0.0617. The zero-order valence-electron chi connectivity index (χ0n) is 15.8. The Morgan fingerprint density at radius 2 is 1.93 bits per heavy atom. The molecule has 7 nitrogen and oxygen atoms in total. The number of ether oxygens (including phenoxy) is 2. The van der Waals surface area contributed by atoms with Crippen LogP contribution in [-0.4, -0.2) is 61.3 Å². The van der Waals surface area contributed by atoms with E-state index in [0.717, 1.165) is 55.3 Å². The molecule has 0 atom stereocenters. The highest BCUT2D eigenvalue weighted by Crippen LogP contribution is 2.40. The van der Waals surface area contributed by atoms with Gasteiger partial charge in [0, 0.05) is 50.3 Å². The zero-order valence-corrected chi connectivity index (χ0v) is 15.8. The minimum absolute atomic E-state index is 0.0377. The molecule has 1 aromatic heterocycles. The van der Waals surface area contributed by atoms with E-state index in [1.807, 2.05) is 29.2 Å². The van der Waals surface area contributed by atoms with Gasteiger partial charge in [-0.2, -0.15) is 0 Å². The summed E-state index contributed by atoms with van der Waals surface area (Å²) in [6.07, 6.45) is 2.27. The molecular weight excluding hydrogens is 346 g/mol. The maximum atomic E-state index is 12.7. The van der Waals surface area contributed by atoms with E-state index in [4.69, 9.17) is 14.0 Å². The van der Waals surface area contributed by atoms with E-state index in [2.05, 4.69) is 10.1 Å². The second-order valence-corrected chi connectivity index (χ2v) is 7.13. The number of nitrogens with zero attached hydrogens (tertiary/aromatic N) is 3. The van der Waals surface area contributed by atoms with Crippen LogP contribution in [0.3, 0.4) is 0 Å². The lowest BCUT2D eigenvalue weighted by Gasteiger charge is -2.34. The summed E-state index contributed by atoms with van der Waals surface area (Å²) in [5.41, 5.74) is 1.52. The van der Waals surface area contributed by atoms with E-state index < -0.39 is 0 Å². The Morgan fingerprint density at radius 3 is 2.59 bits per heavy atom. The number of carbonyl (C=O) groups is 1. The van der Waals surface area contributed by atoms with E-state index >= 15 is 0 Å². The van der Waals surface area contributed by atoms with Crippen LogP contribution in [0.15, 0.2) is 28.8 Å². The molecule has 1 aliphatic carbocycles. The van der Waals surface area contributed by atoms with Gasteiger partial charge in [-0.05, 0) is 31.0 Å². The summed E-state index contributed by atoms with van der Waals surface area (Å²) < 4.78 is 16.1.